The molecule has 0 bridgehead atoms. The van der Waals surface area contributed by atoms with E-state index >= 15 is 0 Å². The molecule has 14 aromatic rings. The first kappa shape index (κ1) is 80.3. The normalized spacial score (nSPS) is 12.2. The molecule has 0 radical (unpaired) electrons. The number of nitrogens with one attached hydrogen (secondary N) is 3. The van der Waals surface area contributed by atoms with Crippen molar-refractivity contribution in [3.63, 3.8) is 0 Å². The van der Waals surface area contributed by atoms with Crippen LogP contribution in [-0.4, -0.2) is 185 Å². The first-order valence-electron chi connectivity index (χ1n) is 33.9. The van der Waals surface area contributed by atoms with Gasteiger partial charge >= 0.3 is 5.97 Å². The summed E-state index contributed by atoms with van der Waals surface area (Å²) in [4.78, 5) is 135. The molecule has 2 aliphatic rings. The molecule has 564 valence electrons. The minimum atomic E-state index is -0.769. The van der Waals surface area contributed by atoms with E-state index in [1.54, 1.807) is 75.9 Å². The van der Waals surface area contributed by atoms with Crippen molar-refractivity contribution in [2.75, 3.05) is 80.7 Å². The predicted molar refractivity (Wildman–Crippen MR) is 407 cm³/mol. The van der Waals surface area contributed by atoms with Crippen molar-refractivity contribution in [3.05, 3.63) is 226 Å². The highest BCUT2D eigenvalue weighted by atomic mass is 79.9. The Morgan fingerprint density at radius 3 is 1.35 bits per heavy atom. The largest absolute Gasteiger partial charge is 0.460 e. The number of anilines is 3. The Morgan fingerprint density at radius 2 is 0.908 bits per heavy atom. The molecule has 7 N–H and O–H groups in total. The third-order valence-electron chi connectivity index (χ3n) is 15.3. The molecule has 36 heteroatoms. The Morgan fingerprint density at radius 1 is 0.468 bits per heavy atom. The lowest BCUT2D eigenvalue weighted by Gasteiger charge is -2.29. The lowest BCUT2D eigenvalue weighted by molar-refractivity contribution is -0.152. The number of alkyl halides is 1. The van der Waals surface area contributed by atoms with Crippen LogP contribution in [0.3, 0.4) is 0 Å². The third-order valence-corrected chi connectivity index (χ3v) is 15.9. The summed E-state index contributed by atoms with van der Waals surface area (Å²) >= 11 is 2.83. The number of ketones is 4. The Hall–Kier alpha value is -12.8. The van der Waals surface area contributed by atoms with Gasteiger partial charge in [0.25, 0.3) is 11.1 Å². The van der Waals surface area contributed by atoms with Gasteiger partial charge in [0.05, 0.1) is 107 Å². The molecule has 2 fully saturated rings. The maximum absolute atomic E-state index is 13.2. The van der Waals surface area contributed by atoms with E-state index in [-0.39, 0.29) is 52.6 Å². The van der Waals surface area contributed by atoms with Gasteiger partial charge in [-0.2, -0.15) is 0 Å². The smallest absolute Gasteiger partial charge is 0.375 e. The van der Waals surface area contributed by atoms with Crippen LogP contribution in [0.1, 0.15) is 76.6 Å². The van der Waals surface area contributed by atoms with E-state index in [4.69, 9.17) is 11.5 Å². The van der Waals surface area contributed by atoms with Crippen LogP contribution in [-0.2, 0) is 19.1 Å². The first-order chi connectivity index (χ1) is 52.3. The van der Waals surface area contributed by atoms with Crippen molar-refractivity contribution >= 4 is 96.2 Å². The van der Waals surface area contributed by atoms with Crippen molar-refractivity contribution < 1.29 is 37.5 Å². The number of aromatic nitrogens is 19. The molecule has 0 atom stereocenters. The number of imidazole rings is 4. The molecular formula is C73H78BrF2N25O8. The Bertz CT molecular complexity index is 5540. The number of nitrogens with two attached hydrogens (primary N) is 2. The number of halogens is 3. The summed E-state index contributed by atoms with van der Waals surface area (Å²) in [5, 5.41) is 9.82. The molecule has 16 rings (SSSR count). The van der Waals surface area contributed by atoms with Crippen molar-refractivity contribution in [1.82, 2.24) is 107 Å². The zero-order valence-electron chi connectivity index (χ0n) is 60.7. The zero-order chi connectivity index (χ0) is 78.3. The average molecular weight is 1550 g/mol. The molecule has 14 aromatic heterocycles. The number of ether oxygens (including phenoxy) is 1. The van der Waals surface area contributed by atoms with Crippen molar-refractivity contribution in [2.45, 2.75) is 61.8 Å². The second-order valence-electron chi connectivity index (χ2n) is 24.2. The fourth-order valence-electron chi connectivity index (χ4n) is 10.1. The maximum atomic E-state index is 13.2. The topological polar surface area (TPSA) is 414 Å². The van der Waals surface area contributed by atoms with Gasteiger partial charge in [0.1, 0.15) is 63.1 Å². The number of fused-ring (bicyclic) bond motifs is 6. The number of esters is 1. The van der Waals surface area contributed by atoms with E-state index in [9.17, 15) is 42.3 Å². The number of carbonyl (C=O) groups excluding carboxylic acids is 5. The lowest BCUT2D eigenvalue weighted by Crippen LogP contribution is -2.43. The van der Waals surface area contributed by atoms with Crippen LogP contribution in [0.2, 0.25) is 0 Å². The van der Waals surface area contributed by atoms with Gasteiger partial charge in [0.15, 0.2) is 34.2 Å². The van der Waals surface area contributed by atoms with Crippen LogP contribution < -0.4 is 43.4 Å². The molecule has 0 aliphatic carbocycles. The van der Waals surface area contributed by atoms with Crippen molar-refractivity contribution in [3.8, 4) is 22.8 Å². The van der Waals surface area contributed by atoms with Gasteiger partial charge in [0.2, 0.25) is 5.78 Å². The number of aryl methyl sites for hydroxylation is 5. The summed E-state index contributed by atoms with van der Waals surface area (Å²) in [6.07, 6.45) is 28.1. The molecule has 0 amide bonds. The van der Waals surface area contributed by atoms with Gasteiger partial charge in [-0.15, -0.1) is 0 Å². The fraction of sp³-hybridized carbons (Fsp3) is 0.260. The molecule has 0 unspecified atom stereocenters. The van der Waals surface area contributed by atoms with Gasteiger partial charge in [-0.05, 0) is 84.9 Å². The first-order valence-corrected chi connectivity index (χ1v) is 35.0. The Balaban J connectivity index is 0.000000151. The Kier molecular flexibility index (Phi) is 28.3. The summed E-state index contributed by atoms with van der Waals surface area (Å²) in [6, 6.07) is 12.2. The van der Waals surface area contributed by atoms with Crippen LogP contribution >= 0.6 is 15.9 Å². The molecular weight excluding hydrogens is 1470 g/mol. The second kappa shape index (κ2) is 38.5. The number of nitrogens with zero attached hydrogens (tertiary/aromatic N) is 20. The number of rotatable bonds is 10. The van der Waals surface area contributed by atoms with Crippen LogP contribution in [0, 0.1) is 46.3 Å². The summed E-state index contributed by atoms with van der Waals surface area (Å²) in [7, 11) is 0. The second-order valence-corrected chi connectivity index (χ2v) is 24.7. The van der Waals surface area contributed by atoms with Gasteiger partial charge in [0, 0.05) is 133 Å². The molecule has 2 saturated heterocycles. The van der Waals surface area contributed by atoms with Crippen LogP contribution in [0.4, 0.5) is 26.1 Å². The standard InChI is InChI=1S/C19H19N7O.C15H10FN5O.C11H11N3O2.C9H9N3O.C5H7BrO3.C5H5FN2.C5H7N3.C4H10N2/c1-13-10-25-12-16(23-18(25)9-21-13)15-8-19(27)26-11-14(2-3-17(26)22-15)24-6-4-20-5-7-24;1-9-6-20-8-12(19-14(20)5-17-9)11-4-15(22)21-7-10(16)2-3-13(21)18-11;1-7-5-14-6-9(10(16)3-8(2)15)13-11(14)4-12-7;1-6-4-12-5-8(7(2)13)11-9(12)3-10-6;1-2-9-5(8)4(7)3-6;6-4-1-2-5(7)8-3-4;1-4-2-8-5(6)3-7-4;1-2-6-4-3-5-1/h2-3,8-12,20H,4-7H2,1H3;2-8H,1H3;4-6H,3H2,1-2H3;3-5H,1-2H3;2-3H2,1H3;1-3H,(H2,7,8);2-3H,1H3,(H2,6,8);5-6H,1-4H2. The number of pyridine rings is 3. The van der Waals surface area contributed by atoms with E-state index in [1.807, 2.05) is 86.5 Å². The molecule has 0 saturated carbocycles. The van der Waals surface area contributed by atoms with Gasteiger partial charge < -0.3 is 54.7 Å². The van der Waals surface area contributed by atoms with E-state index in [1.165, 1.54) is 60.8 Å². The molecule has 2 aliphatic heterocycles. The van der Waals surface area contributed by atoms with Crippen LogP contribution in [0.25, 0.3) is 56.7 Å². The average Bonchev–Trinajstić information content (AvgIpc) is 1.78. The molecule has 0 aromatic carbocycles. The molecule has 16 heterocycles. The minimum Gasteiger partial charge on any atom is -0.460 e. The van der Waals surface area contributed by atoms with E-state index < -0.39 is 17.6 Å². The number of hydrogen-bond donors (Lipinski definition) is 5. The summed E-state index contributed by atoms with van der Waals surface area (Å²) < 4.78 is 39.6. The predicted octanol–water partition coefficient (Wildman–Crippen LogP) is 6.28. The number of hydrogen-bond acceptors (Lipinski definition) is 27. The highest BCUT2D eigenvalue weighted by Crippen LogP contribution is 2.21. The van der Waals surface area contributed by atoms with Crippen LogP contribution in [0.5, 0.6) is 0 Å². The van der Waals surface area contributed by atoms with Crippen molar-refractivity contribution in [2.24, 2.45) is 0 Å². The highest BCUT2D eigenvalue weighted by Gasteiger charge is 2.17. The number of carbonyl (C=O) groups is 5. The number of Topliss-reactive ketones (excluding diaryl/α,β-unsaturated/α-hetero) is 4. The van der Waals surface area contributed by atoms with Gasteiger partial charge in [-0.3, -0.25) is 62.5 Å². The summed E-state index contributed by atoms with van der Waals surface area (Å²) in [5.41, 5.74) is 22.1. The van der Waals surface area contributed by atoms with Crippen molar-refractivity contribution in [1.29, 1.82) is 0 Å². The lowest BCUT2D eigenvalue weighted by atomic mass is 10.2. The monoisotopic (exact) mass is 1550 g/mol. The summed E-state index contributed by atoms with van der Waals surface area (Å²) in [5.74, 6) is -1.79. The third kappa shape index (κ3) is 23.3. The Labute approximate surface area is 629 Å². The SMILES string of the molecule is C1CNCCN1.CC(=O)CC(=O)c1cn2cc(C)ncc2n1.CC(=O)c1cn2cc(C)ncc2n1.CCOC(=O)C(=O)CBr.Cc1cn2cc(-c3cc(=O)n4cc(F)ccc4n3)nc2cn1.Cc1cn2cc(-c3cc(=O)n4cc(N5CCNCC5)ccc4n3)nc2cn1.Cc1cnc(N)cn1.Nc1ccc(F)cn1. The summed E-state index contributed by atoms with van der Waals surface area (Å²) in [6.45, 7) is 22.5. The molecule has 109 heavy (non-hydrogen) atoms. The molecule has 0 spiro atoms. The number of piperazine rings is 2. The van der Waals surface area contributed by atoms with Gasteiger partial charge in [-0.1, -0.05) is 15.9 Å². The quantitative estimate of drug-likeness (QED) is 0.0331. The van der Waals surface area contributed by atoms with E-state index in [0.717, 1.165) is 105 Å². The van der Waals surface area contributed by atoms with E-state index in [0.29, 0.717) is 74.0 Å². The van der Waals surface area contributed by atoms with E-state index in [2.05, 4.69) is 106 Å². The highest BCUT2D eigenvalue weighted by molar-refractivity contribution is 9.09. The molecule has 33 nitrogen and oxygen atoms in total. The fourth-order valence-corrected chi connectivity index (χ4v) is 10.3. The maximum Gasteiger partial charge on any atom is 0.375 e. The minimum absolute atomic E-state index is 0.0265. The van der Waals surface area contributed by atoms with Crippen LogP contribution in [0.15, 0.2) is 163 Å². The number of nitrogen functional groups attached to an aromatic ring is 2. The van der Waals surface area contributed by atoms with Gasteiger partial charge in [-0.25, -0.2) is 53.4 Å². The zero-order valence-corrected chi connectivity index (χ0v) is 62.3.